The Labute approximate surface area is 142 Å². The fraction of sp³-hybridized carbons (Fsp3) is 0.625. The van der Waals surface area contributed by atoms with E-state index in [1.807, 2.05) is 0 Å². The van der Waals surface area contributed by atoms with Gasteiger partial charge in [0.25, 0.3) is 0 Å². The molecule has 1 aromatic carbocycles. The van der Waals surface area contributed by atoms with Gasteiger partial charge in [-0.15, -0.1) is 0 Å². The van der Waals surface area contributed by atoms with Gasteiger partial charge in [-0.3, -0.25) is 0 Å². The predicted molar refractivity (Wildman–Crippen MR) is 94.1 cm³/mol. The minimum atomic E-state index is 0.469. The summed E-state index contributed by atoms with van der Waals surface area (Å²) in [7, 11) is 0. The van der Waals surface area contributed by atoms with Gasteiger partial charge in [0.15, 0.2) is 0 Å². The fourth-order valence-electron chi connectivity index (χ4n) is 2.91. The molecule has 19 heavy (non-hydrogen) atoms. The van der Waals surface area contributed by atoms with Gasteiger partial charge in [0, 0.05) is 13.8 Å². The van der Waals surface area contributed by atoms with E-state index in [0.717, 1.165) is 5.92 Å². The summed E-state index contributed by atoms with van der Waals surface area (Å²) in [4.78, 5) is 0.469. The minimum Gasteiger partial charge on any atom is -0.0835 e. The maximum atomic E-state index is 3.97. The van der Waals surface area contributed by atoms with Crippen LogP contribution in [0.15, 0.2) is 21.1 Å². The van der Waals surface area contributed by atoms with Crippen molar-refractivity contribution in [1.82, 2.24) is 0 Å². The lowest BCUT2D eigenvalue weighted by molar-refractivity contribution is 0.374. The maximum absolute atomic E-state index is 3.97. The van der Waals surface area contributed by atoms with Crippen LogP contribution in [0.4, 0.5) is 0 Å². The van der Waals surface area contributed by atoms with Crippen LogP contribution in [-0.4, -0.2) is 0 Å². The molecule has 0 saturated heterocycles. The molecule has 1 aliphatic rings. The van der Waals surface area contributed by atoms with Crippen LogP contribution in [0.1, 0.15) is 60.9 Å². The predicted octanol–water partition coefficient (Wildman–Crippen LogP) is 7.32. The average molecular weight is 453 g/mol. The summed E-state index contributed by atoms with van der Waals surface area (Å²) in [6.07, 6.45) is 9.74. The lowest BCUT2D eigenvalue weighted by Gasteiger charge is -2.26. The summed E-state index contributed by atoms with van der Waals surface area (Å²) in [5.41, 5.74) is 2.68. The molecule has 106 valence electrons. The third-order valence-electron chi connectivity index (χ3n) is 4.14. The SMILES string of the molecule is Cc1cc(Br)c(C(Br)C2CCCCCCC2)cc1Br. The van der Waals surface area contributed by atoms with Crippen LogP contribution >= 0.6 is 47.8 Å². The molecule has 1 fully saturated rings. The summed E-state index contributed by atoms with van der Waals surface area (Å²) < 4.78 is 2.44. The Bertz CT molecular complexity index is 420. The van der Waals surface area contributed by atoms with Gasteiger partial charge < -0.3 is 0 Å². The Morgan fingerprint density at radius 2 is 1.53 bits per heavy atom. The summed E-state index contributed by atoms with van der Waals surface area (Å²) >= 11 is 11.4. The van der Waals surface area contributed by atoms with E-state index in [0.29, 0.717) is 4.83 Å². The van der Waals surface area contributed by atoms with Crippen molar-refractivity contribution in [3.05, 3.63) is 32.2 Å². The lowest BCUT2D eigenvalue weighted by Crippen LogP contribution is -2.10. The Kier molecular flexibility index (Phi) is 6.42. The second kappa shape index (κ2) is 7.61. The quantitative estimate of drug-likeness (QED) is 0.412. The van der Waals surface area contributed by atoms with Crippen molar-refractivity contribution in [3.8, 4) is 0 Å². The van der Waals surface area contributed by atoms with Crippen LogP contribution in [0.25, 0.3) is 0 Å². The van der Waals surface area contributed by atoms with E-state index >= 15 is 0 Å². The second-order valence-electron chi connectivity index (χ2n) is 5.63. The molecule has 0 nitrogen and oxygen atoms in total. The molecule has 0 N–H and O–H groups in total. The van der Waals surface area contributed by atoms with Gasteiger partial charge in [-0.2, -0.15) is 0 Å². The van der Waals surface area contributed by atoms with E-state index in [1.54, 1.807) is 0 Å². The van der Waals surface area contributed by atoms with Crippen LogP contribution in [0, 0.1) is 12.8 Å². The summed E-state index contributed by atoms with van der Waals surface area (Å²) in [5, 5.41) is 0. The van der Waals surface area contributed by atoms with Gasteiger partial charge in [0.1, 0.15) is 0 Å². The first-order chi connectivity index (χ1) is 9.09. The molecule has 0 heterocycles. The molecule has 0 radical (unpaired) electrons. The van der Waals surface area contributed by atoms with E-state index in [-0.39, 0.29) is 0 Å². The van der Waals surface area contributed by atoms with E-state index in [4.69, 9.17) is 0 Å². The van der Waals surface area contributed by atoms with Crippen LogP contribution in [-0.2, 0) is 0 Å². The van der Waals surface area contributed by atoms with Crippen molar-refractivity contribution >= 4 is 47.8 Å². The Morgan fingerprint density at radius 3 is 2.16 bits per heavy atom. The lowest BCUT2D eigenvalue weighted by atomic mass is 9.86. The molecule has 1 aliphatic carbocycles. The first-order valence-electron chi connectivity index (χ1n) is 7.19. The number of benzene rings is 1. The van der Waals surface area contributed by atoms with E-state index in [1.165, 1.54) is 65.0 Å². The number of hydrogen-bond donors (Lipinski definition) is 0. The number of halogens is 3. The summed E-state index contributed by atoms with van der Waals surface area (Å²) in [6, 6.07) is 4.49. The van der Waals surface area contributed by atoms with Crippen molar-refractivity contribution in [2.24, 2.45) is 5.92 Å². The first kappa shape index (κ1) is 16.0. The highest BCUT2D eigenvalue weighted by Gasteiger charge is 2.23. The fourth-order valence-corrected chi connectivity index (χ4v) is 5.19. The maximum Gasteiger partial charge on any atom is 0.0435 e. The number of aryl methyl sites for hydroxylation is 1. The van der Waals surface area contributed by atoms with E-state index in [2.05, 4.69) is 66.8 Å². The molecule has 0 amide bonds. The van der Waals surface area contributed by atoms with Gasteiger partial charge >= 0.3 is 0 Å². The third kappa shape index (κ3) is 4.31. The van der Waals surface area contributed by atoms with Crippen molar-refractivity contribution in [1.29, 1.82) is 0 Å². The summed E-state index contributed by atoms with van der Waals surface area (Å²) in [5.74, 6) is 0.770. The zero-order valence-electron chi connectivity index (χ0n) is 11.4. The second-order valence-corrected chi connectivity index (χ2v) is 8.33. The molecule has 2 rings (SSSR count). The smallest absolute Gasteiger partial charge is 0.0435 e. The van der Waals surface area contributed by atoms with Gasteiger partial charge in [0.2, 0.25) is 0 Å². The standard InChI is InChI=1S/C16H21Br3/c1-11-9-15(18)13(10-14(11)17)16(19)12-7-5-3-2-4-6-8-12/h9-10,12,16H,2-8H2,1H3. The van der Waals surface area contributed by atoms with Crippen molar-refractivity contribution in [2.75, 3.05) is 0 Å². The van der Waals surface area contributed by atoms with Crippen molar-refractivity contribution < 1.29 is 0 Å². The molecule has 0 bridgehead atoms. The highest BCUT2D eigenvalue weighted by atomic mass is 79.9. The largest absolute Gasteiger partial charge is 0.0835 e. The average Bonchev–Trinajstić information content (AvgIpc) is 2.32. The Morgan fingerprint density at radius 1 is 0.947 bits per heavy atom. The Balaban J connectivity index is 2.17. The molecule has 1 aromatic rings. The highest BCUT2D eigenvalue weighted by molar-refractivity contribution is 9.11. The van der Waals surface area contributed by atoms with E-state index in [9.17, 15) is 0 Å². The van der Waals surface area contributed by atoms with Crippen LogP contribution in [0.3, 0.4) is 0 Å². The number of alkyl halides is 1. The molecule has 1 atom stereocenters. The topological polar surface area (TPSA) is 0 Å². The Hall–Kier alpha value is 0.660. The molecular weight excluding hydrogens is 432 g/mol. The molecule has 3 heteroatoms. The van der Waals surface area contributed by atoms with E-state index < -0.39 is 0 Å². The summed E-state index contributed by atoms with van der Waals surface area (Å²) in [6.45, 7) is 2.14. The molecule has 1 unspecified atom stereocenters. The highest BCUT2D eigenvalue weighted by Crippen LogP contribution is 2.42. The van der Waals surface area contributed by atoms with Gasteiger partial charge in [0.05, 0.1) is 0 Å². The van der Waals surface area contributed by atoms with Crippen molar-refractivity contribution in [3.63, 3.8) is 0 Å². The molecule has 0 aliphatic heterocycles. The van der Waals surface area contributed by atoms with Gasteiger partial charge in [-0.05, 0) is 48.9 Å². The van der Waals surface area contributed by atoms with Crippen LogP contribution < -0.4 is 0 Å². The zero-order valence-corrected chi connectivity index (χ0v) is 16.2. The first-order valence-corrected chi connectivity index (χ1v) is 9.69. The zero-order chi connectivity index (χ0) is 13.8. The monoisotopic (exact) mass is 450 g/mol. The van der Waals surface area contributed by atoms with Gasteiger partial charge in [-0.25, -0.2) is 0 Å². The number of hydrogen-bond acceptors (Lipinski definition) is 0. The molecule has 0 spiro atoms. The van der Waals surface area contributed by atoms with Crippen LogP contribution in [0.5, 0.6) is 0 Å². The molecule has 1 saturated carbocycles. The number of rotatable bonds is 2. The van der Waals surface area contributed by atoms with Gasteiger partial charge in [-0.1, -0.05) is 79.9 Å². The third-order valence-corrected chi connectivity index (χ3v) is 6.92. The van der Waals surface area contributed by atoms with Crippen LogP contribution in [0.2, 0.25) is 0 Å². The molecular formula is C16H21Br3. The minimum absolute atomic E-state index is 0.469. The molecule has 0 aromatic heterocycles. The van der Waals surface area contributed by atoms with Crippen molar-refractivity contribution in [2.45, 2.75) is 56.7 Å². The normalized spacial score (nSPS) is 19.8.